The van der Waals surface area contributed by atoms with Crippen LogP contribution in [-0.4, -0.2) is 123 Å². The number of ether oxygens (including phenoxy) is 2. The molecule has 4 aromatic heterocycles. The smallest absolute Gasteiger partial charge is 0.387 e. The summed E-state index contributed by atoms with van der Waals surface area (Å²) in [5, 5.41) is 65.2. The van der Waals surface area contributed by atoms with E-state index in [1.54, 1.807) is 0 Å². The highest BCUT2D eigenvalue weighted by Crippen LogP contribution is 2.68. The van der Waals surface area contributed by atoms with Gasteiger partial charge in [0.1, 0.15) is 47.9 Å². The maximum Gasteiger partial charge on any atom is 0.490 e. The first kappa shape index (κ1) is 47.7. The van der Waals surface area contributed by atoms with E-state index in [-0.39, 0.29) is 34.1 Å². The molecular weight excluding hydrogens is 965 g/mol. The molecular formula is C34H33N8O22P3. The first-order valence-electron chi connectivity index (χ1n) is 18.9. The van der Waals surface area contributed by atoms with E-state index in [0.717, 1.165) is 30.3 Å². The van der Waals surface area contributed by atoms with E-state index in [0.29, 0.717) is 11.1 Å². The molecule has 0 radical (unpaired) electrons. The molecule has 0 amide bonds. The van der Waals surface area contributed by atoms with Gasteiger partial charge < -0.3 is 44.6 Å². The van der Waals surface area contributed by atoms with Crippen LogP contribution in [0.3, 0.4) is 0 Å². The lowest BCUT2D eigenvalue weighted by molar-refractivity contribution is -0.385. The van der Waals surface area contributed by atoms with Gasteiger partial charge >= 0.3 is 34.8 Å². The van der Waals surface area contributed by atoms with Gasteiger partial charge in [0.2, 0.25) is 0 Å². The molecule has 2 aromatic carbocycles. The molecule has 2 aliphatic rings. The summed E-state index contributed by atoms with van der Waals surface area (Å²) in [7, 11) is -17.7. The Morgan fingerprint density at radius 1 is 0.612 bits per heavy atom. The number of hydrogen-bond donors (Lipinski definition) is 7. The summed E-state index contributed by atoms with van der Waals surface area (Å²) >= 11 is 0. The number of benzene rings is 2. The van der Waals surface area contributed by atoms with Gasteiger partial charge in [0.05, 0.1) is 34.4 Å². The van der Waals surface area contributed by atoms with Crippen molar-refractivity contribution in [1.82, 2.24) is 27.9 Å². The van der Waals surface area contributed by atoms with Gasteiger partial charge in [-0.3, -0.25) is 47.2 Å². The summed E-state index contributed by atoms with van der Waals surface area (Å²) in [5.41, 5.74) is -1.14. The minimum Gasteiger partial charge on any atom is -0.387 e. The molecule has 2 saturated heterocycles. The molecule has 33 heteroatoms. The third-order valence-corrected chi connectivity index (χ3v) is 14.5. The molecule has 8 rings (SSSR count). The van der Waals surface area contributed by atoms with Crippen LogP contribution in [0.4, 0.5) is 11.4 Å². The number of fused-ring (bicyclic) bond motifs is 2. The third-order valence-electron chi connectivity index (χ3n) is 10.2. The monoisotopic (exact) mass is 998 g/mol. The molecule has 4 unspecified atom stereocenters. The Balaban J connectivity index is 0.864. The number of non-ortho nitro benzene ring substituents is 2. The fourth-order valence-corrected chi connectivity index (χ4v) is 10.6. The lowest BCUT2D eigenvalue weighted by atomic mass is 10.1. The largest absolute Gasteiger partial charge is 0.490 e. The SMILES string of the molecule is O=c1n(C2O[C@H](COP(=O)(O)OP(=O)(O)OP(=O)(O)OC[C@H]3OC(n4ccc5nc(-c6cccc([N+](=O)[O-])c6)cn5c4=O)[C@H](O)[C@@H]3O)[C@@H](O)[C@H]2O)ccc2nc(-c3cccc([N+](=O)[O-])c3)cn12. The molecule has 30 nitrogen and oxygen atoms in total. The Hall–Kier alpha value is -5.75. The van der Waals surface area contributed by atoms with E-state index in [1.165, 1.54) is 73.1 Å². The van der Waals surface area contributed by atoms with Crippen LogP contribution in [0.1, 0.15) is 12.5 Å². The number of aliphatic hydroxyl groups is 4. The molecule has 0 aliphatic carbocycles. The van der Waals surface area contributed by atoms with Crippen LogP contribution in [0.2, 0.25) is 0 Å². The second-order valence-electron chi connectivity index (χ2n) is 14.6. The third kappa shape index (κ3) is 9.82. The second kappa shape index (κ2) is 18.1. The van der Waals surface area contributed by atoms with Gasteiger partial charge in [0.25, 0.3) is 11.4 Å². The van der Waals surface area contributed by atoms with Crippen molar-refractivity contribution < 1.29 is 85.8 Å². The van der Waals surface area contributed by atoms with Gasteiger partial charge in [-0.25, -0.2) is 33.3 Å². The van der Waals surface area contributed by atoms with Crippen molar-refractivity contribution in [3.8, 4) is 22.5 Å². The van der Waals surface area contributed by atoms with Crippen molar-refractivity contribution in [2.24, 2.45) is 0 Å². The summed E-state index contributed by atoms with van der Waals surface area (Å²) < 4.78 is 70.0. The first-order chi connectivity index (χ1) is 31.5. The molecule has 356 valence electrons. The number of phosphoric ester groups is 2. The average Bonchev–Trinajstić information content (AvgIpc) is 4.04. The van der Waals surface area contributed by atoms with E-state index >= 15 is 0 Å². The maximum absolute atomic E-state index is 13.4. The van der Waals surface area contributed by atoms with Crippen molar-refractivity contribution in [2.75, 3.05) is 13.2 Å². The normalized spacial score (nSPS) is 25.8. The van der Waals surface area contributed by atoms with Gasteiger partial charge in [-0.15, -0.1) is 0 Å². The number of hydrogen-bond acceptors (Lipinski definition) is 21. The highest BCUT2D eigenvalue weighted by atomic mass is 31.3. The Morgan fingerprint density at radius 2 is 1.00 bits per heavy atom. The molecule has 0 bridgehead atoms. The van der Waals surface area contributed by atoms with Crippen molar-refractivity contribution in [3.05, 3.63) is 127 Å². The molecule has 6 aromatic rings. The quantitative estimate of drug-likeness (QED) is 0.0400. The van der Waals surface area contributed by atoms with E-state index in [9.17, 15) is 78.6 Å². The van der Waals surface area contributed by atoms with Crippen LogP contribution in [0.15, 0.2) is 95.0 Å². The predicted octanol–water partition coefficient (Wildman–Crippen LogP) is 0.762. The molecule has 67 heavy (non-hydrogen) atoms. The number of imidazole rings is 2. The maximum atomic E-state index is 13.4. The zero-order valence-electron chi connectivity index (χ0n) is 33.3. The van der Waals surface area contributed by atoms with Crippen LogP contribution in [0.25, 0.3) is 33.8 Å². The molecule has 7 N–H and O–H groups in total. The molecule has 2 aliphatic heterocycles. The second-order valence-corrected chi connectivity index (χ2v) is 19.2. The van der Waals surface area contributed by atoms with Gasteiger partial charge in [-0.05, 0) is 12.1 Å². The van der Waals surface area contributed by atoms with Crippen LogP contribution in [0, 0.1) is 20.2 Å². The Labute approximate surface area is 370 Å². The number of aliphatic hydroxyl groups excluding tert-OH is 4. The van der Waals surface area contributed by atoms with Crippen molar-refractivity contribution in [3.63, 3.8) is 0 Å². The average molecular weight is 999 g/mol. The molecule has 2 fully saturated rings. The van der Waals surface area contributed by atoms with Crippen LogP contribution >= 0.6 is 23.5 Å². The van der Waals surface area contributed by atoms with Gasteiger partial charge in [-0.1, -0.05) is 24.3 Å². The summed E-state index contributed by atoms with van der Waals surface area (Å²) in [6.45, 7) is -2.35. The van der Waals surface area contributed by atoms with E-state index in [2.05, 4.69) is 27.6 Å². The van der Waals surface area contributed by atoms with Crippen LogP contribution in [0.5, 0.6) is 0 Å². The van der Waals surface area contributed by atoms with Crippen molar-refractivity contribution in [1.29, 1.82) is 0 Å². The Kier molecular flexibility index (Phi) is 12.9. The van der Waals surface area contributed by atoms with Gasteiger partial charge in [0, 0.05) is 60.2 Å². The lowest BCUT2D eigenvalue weighted by Gasteiger charge is -2.21. The number of nitrogens with zero attached hydrogens (tertiary/aromatic N) is 8. The van der Waals surface area contributed by atoms with E-state index in [4.69, 9.17) is 9.47 Å². The summed E-state index contributed by atoms with van der Waals surface area (Å²) in [6, 6.07) is 13.5. The van der Waals surface area contributed by atoms with E-state index in [1.807, 2.05) is 0 Å². The van der Waals surface area contributed by atoms with Gasteiger partial charge in [0.15, 0.2) is 12.5 Å². The Bertz CT molecular complexity index is 2990. The standard InChI is InChI=1S/C34H33N8O22P3/c43-27-23(61-31(29(27)45)37-9-7-25-35-21(13-39(25)33(37)47)17-3-1-5-19(11-17)41(49)50)15-59-65(53,54)63-67(57,58)64-66(55,56)60-16-24-28(44)30(46)32(62-24)38-10-8-26-36-22(14-40(26)34(38)48)18-4-2-6-20(12-18)42(51)52/h1-14,23-24,27-32,43-46H,15-16H2,(H,53,54)(H,55,56)(H,57,58)/t23-,24-,27-,28-,29-,30-,31?,32?/m1/s1. The fourth-order valence-electron chi connectivity index (χ4n) is 7.08. The van der Waals surface area contributed by atoms with Gasteiger partial charge in [-0.2, -0.15) is 8.62 Å². The number of nitro benzene ring substituents is 2. The van der Waals surface area contributed by atoms with Crippen LogP contribution < -0.4 is 11.4 Å². The summed E-state index contributed by atoms with van der Waals surface area (Å²) in [5.74, 6) is 0. The molecule has 0 spiro atoms. The Morgan fingerprint density at radius 3 is 1.37 bits per heavy atom. The molecule has 0 saturated carbocycles. The highest BCUT2D eigenvalue weighted by molar-refractivity contribution is 7.66. The fraction of sp³-hybridized carbons (Fsp3) is 0.294. The number of rotatable bonds is 16. The number of nitro groups is 2. The van der Waals surface area contributed by atoms with Crippen LogP contribution in [-0.2, 0) is 40.8 Å². The molecule has 6 heterocycles. The zero-order chi connectivity index (χ0) is 48.3. The number of aromatic nitrogens is 6. The zero-order valence-corrected chi connectivity index (χ0v) is 36.0. The predicted molar refractivity (Wildman–Crippen MR) is 218 cm³/mol. The highest BCUT2D eigenvalue weighted by Gasteiger charge is 2.49. The van der Waals surface area contributed by atoms with Crippen molar-refractivity contribution >= 4 is 46.1 Å². The molecule has 10 atom stereocenters. The van der Waals surface area contributed by atoms with Crippen molar-refractivity contribution in [2.45, 2.75) is 49.1 Å². The summed E-state index contributed by atoms with van der Waals surface area (Å²) in [6.07, 6.45) is -9.69. The minimum absolute atomic E-state index is 0.0804. The topological polar surface area (TPSA) is 413 Å². The summed E-state index contributed by atoms with van der Waals surface area (Å²) in [4.78, 5) is 87.0. The first-order valence-corrected chi connectivity index (χ1v) is 23.4. The van der Waals surface area contributed by atoms with E-state index < -0.39 is 107 Å². The lowest BCUT2D eigenvalue weighted by Crippen LogP contribution is -2.36. The number of phosphoric acid groups is 3. The minimum atomic E-state index is -6.11.